The molecule has 0 aromatic heterocycles. The Hall–Kier alpha value is -0.0900. The van der Waals surface area contributed by atoms with Gasteiger partial charge in [0.2, 0.25) is 5.91 Å². The molecule has 0 aliphatic carbocycles. The van der Waals surface area contributed by atoms with E-state index < -0.39 is 0 Å². The summed E-state index contributed by atoms with van der Waals surface area (Å²) < 4.78 is 0. The lowest BCUT2D eigenvalue weighted by molar-refractivity contribution is -0.121. The summed E-state index contributed by atoms with van der Waals surface area (Å²) >= 11 is 3.19. The molecule has 2 N–H and O–H groups in total. The summed E-state index contributed by atoms with van der Waals surface area (Å²) in [6.07, 6.45) is 2.10. The lowest BCUT2D eigenvalue weighted by Crippen LogP contribution is -2.32. The Labute approximate surface area is 81.7 Å². The van der Waals surface area contributed by atoms with Gasteiger partial charge in [-0.25, -0.2) is 0 Å². The number of halogens is 1. The molecule has 0 rings (SSSR count). The standard InChI is InChI=1S/C8H16BrNO2/c1-7(3-2-6-11)10-8(12)4-5-9/h7,11H,2-6H2,1H3,(H,10,12). The number of hydrogen-bond acceptors (Lipinski definition) is 2. The van der Waals surface area contributed by atoms with Gasteiger partial charge in [-0.1, -0.05) is 15.9 Å². The monoisotopic (exact) mass is 237 g/mol. The Kier molecular flexibility index (Phi) is 7.50. The normalized spacial score (nSPS) is 12.6. The highest BCUT2D eigenvalue weighted by Gasteiger charge is 2.05. The highest BCUT2D eigenvalue weighted by Crippen LogP contribution is 1.96. The summed E-state index contributed by atoms with van der Waals surface area (Å²) in [5, 5.41) is 12.1. The second-order valence-electron chi connectivity index (χ2n) is 2.77. The van der Waals surface area contributed by atoms with Crippen molar-refractivity contribution < 1.29 is 9.90 Å². The van der Waals surface area contributed by atoms with Gasteiger partial charge in [0.25, 0.3) is 0 Å². The van der Waals surface area contributed by atoms with Crippen molar-refractivity contribution in [3.8, 4) is 0 Å². The van der Waals surface area contributed by atoms with Gasteiger partial charge in [0.05, 0.1) is 0 Å². The molecule has 72 valence electrons. The third kappa shape index (κ3) is 6.61. The summed E-state index contributed by atoms with van der Waals surface area (Å²) in [4.78, 5) is 11.0. The van der Waals surface area contributed by atoms with Gasteiger partial charge < -0.3 is 10.4 Å². The van der Waals surface area contributed by atoms with Gasteiger partial charge in [0, 0.05) is 24.4 Å². The fourth-order valence-corrected chi connectivity index (χ4v) is 1.26. The van der Waals surface area contributed by atoms with E-state index in [0.717, 1.165) is 12.8 Å². The molecule has 0 aromatic carbocycles. The van der Waals surface area contributed by atoms with Crippen molar-refractivity contribution in [2.24, 2.45) is 0 Å². The van der Waals surface area contributed by atoms with E-state index in [0.29, 0.717) is 11.8 Å². The first kappa shape index (κ1) is 11.9. The molecule has 1 amide bonds. The van der Waals surface area contributed by atoms with Crippen LogP contribution in [0, 0.1) is 0 Å². The molecule has 0 aromatic rings. The average Bonchev–Trinajstić information content (AvgIpc) is 2.01. The van der Waals surface area contributed by atoms with Crippen LogP contribution >= 0.6 is 15.9 Å². The van der Waals surface area contributed by atoms with Crippen LogP contribution in [0.3, 0.4) is 0 Å². The molecule has 0 saturated heterocycles. The van der Waals surface area contributed by atoms with Crippen molar-refractivity contribution in [2.45, 2.75) is 32.2 Å². The molecule has 0 bridgehead atoms. The Morgan fingerprint density at radius 2 is 2.33 bits per heavy atom. The molecule has 0 aliphatic heterocycles. The van der Waals surface area contributed by atoms with E-state index in [1.807, 2.05) is 6.92 Å². The predicted molar refractivity (Wildman–Crippen MR) is 52.3 cm³/mol. The van der Waals surface area contributed by atoms with Crippen molar-refractivity contribution in [1.29, 1.82) is 0 Å². The first-order chi connectivity index (χ1) is 5.70. The molecule has 0 fully saturated rings. The number of rotatable bonds is 6. The number of carbonyl (C=O) groups excluding carboxylic acids is 1. The summed E-state index contributed by atoms with van der Waals surface area (Å²) in [6.45, 7) is 2.14. The minimum absolute atomic E-state index is 0.0670. The molecule has 0 spiro atoms. The zero-order chi connectivity index (χ0) is 9.40. The van der Waals surface area contributed by atoms with E-state index in [1.165, 1.54) is 0 Å². The largest absolute Gasteiger partial charge is 0.396 e. The zero-order valence-electron chi connectivity index (χ0n) is 7.35. The molecule has 0 heterocycles. The minimum Gasteiger partial charge on any atom is -0.396 e. The Morgan fingerprint density at radius 1 is 1.67 bits per heavy atom. The molecule has 3 nitrogen and oxygen atoms in total. The number of amides is 1. The summed E-state index contributed by atoms with van der Waals surface area (Å²) in [7, 11) is 0. The lowest BCUT2D eigenvalue weighted by atomic mass is 10.2. The van der Waals surface area contributed by atoms with E-state index in [-0.39, 0.29) is 18.6 Å². The van der Waals surface area contributed by atoms with Gasteiger partial charge in [-0.2, -0.15) is 0 Å². The highest BCUT2D eigenvalue weighted by atomic mass is 79.9. The van der Waals surface area contributed by atoms with E-state index in [4.69, 9.17) is 5.11 Å². The summed E-state index contributed by atoms with van der Waals surface area (Å²) in [5.74, 6) is 0.0670. The maximum atomic E-state index is 11.0. The van der Waals surface area contributed by atoms with Crippen molar-refractivity contribution in [1.82, 2.24) is 5.32 Å². The second kappa shape index (κ2) is 7.55. The van der Waals surface area contributed by atoms with Crippen molar-refractivity contribution >= 4 is 21.8 Å². The van der Waals surface area contributed by atoms with E-state index in [1.54, 1.807) is 0 Å². The highest BCUT2D eigenvalue weighted by molar-refractivity contribution is 9.09. The smallest absolute Gasteiger partial charge is 0.221 e. The van der Waals surface area contributed by atoms with Crippen LogP contribution in [0.1, 0.15) is 26.2 Å². The molecular weight excluding hydrogens is 222 g/mol. The van der Waals surface area contributed by atoms with Crippen LogP contribution in [0.5, 0.6) is 0 Å². The second-order valence-corrected chi connectivity index (χ2v) is 3.57. The molecular formula is C8H16BrNO2. The van der Waals surface area contributed by atoms with Gasteiger partial charge in [-0.05, 0) is 19.8 Å². The molecule has 0 aliphatic rings. The van der Waals surface area contributed by atoms with Crippen molar-refractivity contribution in [3.05, 3.63) is 0 Å². The predicted octanol–water partition coefficient (Wildman–Crippen LogP) is 1.05. The minimum atomic E-state index is 0.0670. The Morgan fingerprint density at radius 3 is 2.83 bits per heavy atom. The molecule has 1 unspecified atom stereocenters. The number of alkyl halides is 1. The first-order valence-electron chi connectivity index (χ1n) is 4.17. The maximum Gasteiger partial charge on any atom is 0.221 e. The van der Waals surface area contributed by atoms with Gasteiger partial charge >= 0.3 is 0 Å². The van der Waals surface area contributed by atoms with Crippen LogP contribution < -0.4 is 5.32 Å². The van der Waals surface area contributed by atoms with Gasteiger partial charge in [0.1, 0.15) is 0 Å². The molecule has 0 radical (unpaired) electrons. The number of nitrogens with one attached hydrogen (secondary N) is 1. The number of hydrogen-bond donors (Lipinski definition) is 2. The number of aliphatic hydroxyl groups excluding tert-OH is 1. The van der Waals surface area contributed by atoms with Crippen LogP contribution in [-0.2, 0) is 4.79 Å². The maximum absolute atomic E-state index is 11.0. The SMILES string of the molecule is CC(CCCO)NC(=O)CCBr. The van der Waals surface area contributed by atoms with Gasteiger partial charge in [-0.3, -0.25) is 4.79 Å². The van der Waals surface area contributed by atoms with E-state index >= 15 is 0 Å². The fourth-order valence-electron chi connectivity index (χ4n) is 0.902. The third-order valence-corrected chi connectivity index (χ3v) is 1.92. The summed E-state index contributed by atoms with van der Waals surface area (Å²) in [5.41, 5.74) is 0. The summed E-state index contributed by atoms with van der Waals surface area (Å²) in [6, 6.07) is 0.170. The molecule has 4 heteroatoms. The average molecular weight is 238 g/mol. The lowest BCUT2D eigenvalue weighted by Gasteiger charge is -2.12. The molecule has 0 saturated carbocycles. The topological polar surface area (TPSA) is 49.3 Å². The quantitative estimate of drug-likeness (QED) is 0.679. The van der Waals surface area contributed by atoms with Crippen molar-refractivity contribution in [3.63, 3.8) is 0 Å². The van der Waals surface area contributed by atoms with Gasteiger partial charge in [0.15, 0.2) is 0 Å². The molecule has 1 atom stereocenters. The van der Waals surface area contributed by atoms with Crippen molar-refractivity contribution in [2.75, 3.05) is 11.9 Å². The Bertz CT molecular complexity index is 130. The van der Waals surface area contributed by atoms with Crippen LogP contribution in [0.2, 0.25) is 0 Å². The molecule has 12 heavy (non-hydrogen) atoms. The van der Waals surface area contributed by atoms with Crippen LogP contribution in [0.25, 0.3) is 0 Å². The third-order valence-electron chi connectivity index (χ3n) is 1.52. The first-order valence-corrected chi connectivity index (χ1v) is 5.29. The zero-order valence-corrected chi connectivity index (χ0v) is 8.93. The fraction of sp³-hybridized carbons (Fsp3) is 0.875. The van der Waals surface area contributed by atoms with Crippen LogP contribution in [0.4, 0.5) is 0 Å². The van der Waals surface area contributed by atoms with E-state index in [9.17, 15) is 4.79 Å². The van der Waals surface area contributed by atoms with Crippen LogP contribution in [-0.4, -0.2) is 29.0 Å². The number of aliphatic hydroxyl groups is 1. The Balaban J connectivity index is 3.40. The van der Waals surface area contributed by atoms with Gasteiger partial charge in [-0.15, -0.1) is 0 Å². The van der Waals surface area contributed by atoms with Crippen LogP contribution in [0.15, 0.2) is 0 Å². The van der Waals surface area contributed by atoms with E-state index in [2.05, 4.69) is 21.2 Å². The number of carbonyl (C=O) groups is 1.